The Morgan fingerprint density at radius 3 is 2.45 bits per heavy atom. The highest BCUT2D eigenvalue weighted by atomic mass is 28.3. The monoisotopic (exact) mass is 314 g/mol. The van der Waals surface area contributed by atoms with Gasteiger partial charge in [0.1, 0.15) is 13.8 Å². The smallest absolute Gasteiger partial charge is 0.121 e. The molecule has 0 N–H and O–H groups in total. The van der Waals surface area contributed by atoms with E-state index in [-0.39, 0.29) is 0 Å². The molecule has 0 aromatic heterocycles. The average molecular weight is 315 g/mol. The zero-order valence-corrected chi connectivity index (χ0v) is 16.2. The van der Waals surface area contributed by atoms with Gasteiger partial charge in [0.15, 0.2) is 0 Å². The van der Waals surface area contributed by atoms with Gasteiger partial charge in [-0.15, -0.1) is 0 Å². The molecule has 0 radical (unpaired) electrons. The Morgan fingerprint density at radius 1 is 1.18 bits per heavy atom. The predicted octanol–water partition coefficient (Wildman–Crippen LogP) is 5.07. The van der Waals surface area contributed by atoms with Crippen molar-refractivity contribution >= 4 is 13.3 Å². The van der Waals surface area contributed by atoms with E-state index in [1.165, 1.54) is 22.7 Å². The lowest BCUT2D eigenvalue weighted by Gasteiger charge is -2.30. The zero-order valence-electron chi connectivity index (χ0n) is 15.2. The number of aryl methyl sites for hydroxylation is 2. The van der Waals surface area contributed by atoms with E-state index in [9.17, 15) is 0 Å². The van der Waals surface area contributed by atoms with Gasteiger partial charge in [-0.25, -0.2) is 0 Å². The molecule has 0 spiro atoms. The van der Waals surface area contributed by atoms with Crippen molar-refractivity contribution in [2.24, 2.45) is 5.92 Å². The molecule has 2 heteroatoms. The van der Waals surface area contributed by atoms with Crippen LogP contribution in [0.2, 0.25) is 13.1 Å². The largest absolute Gasteiger partial charge is 0.497 e. The zero-order chi connectivity index (χ0) is 16.5. The molecule has 1 aromatic rings. The molecule has 0 unspecified atom stereocenters. The number of methoxy groups -OCH3 is 1. The summed E-state index contributed by atoms with van der Waals surface area (Å²) in [5.41, 5.74) is 4.17. The molecule has 0 heterocycles. The molecule has 0 saturated carbocycles. The van der Waals surface area contributed by atoms with E-state index in [0.717, 1.165) is 12.2 Å². The van der Waals surface area contributed by atoms with E-state index in [1.807, 2.05) is 7.11 Å². The Labute approximate surface area is 137 Å². The second-order valence-electron chi connectivity index (χ2n) is 7.50. The second-order valence-corrected chi connectivity index (χ2v) is 11.9. The van der Waals surface area contributed by atoms with Gasteiger partial charge in [0.05, 0.1) is 7.11 Å². The van der Waals surface area contributed by atoms with Crippen LogP contribution >= 0.6 is 0 Å². The average Bonchev–Trinajstić information content (AvgIpc) is 2.85. The highest BCUT2D eigenvalue weighted by Crippen LogP contribution is 2.34. The Bertz CT molecular complexity index is 621. The standard InChI is InChI=1S/C20H30OSi/c1-14(2)11-17-9-8-10-18(17)22(6,7)19-13-15(3)12-16(4)20(19)21-5/h8-9,12-14H,10-11H2,1-7H3. The van der Waals surface area contributed by atoms with Gasteiger partial charge in [0, 0.05) is 0 Å². The van der Waals surface area contributed by atoms with Crippen LogP contribution in [-0.2, 0) is 0 Å². The van der Waals surface area contributed by atoms with Crippen molar-refractivity contribution in [2.75, 3.05) is 7.11 Å². The summed E-state index contributed by atoms with van der Waals surface area (Å²) in [5.74, 6) is 1.81. The fraction of sp³-hybridized carbons (Fsp3) is 0.500. The van der Waals surface area contributed by atoms with E-state index < -0.39 is 8.07 Å². The van der Waals surface area contributed by atoms with Gasteiger partial charge >= 0.3 is 0 Å². The van der Waals surface area contributed by atoms with Gasteiger partial charge in [-0.3, -0.25) is 0 Å². The first kappa shape index (κ1) is 17.1. The molecule has 0 saturated heterocycles. The van der Waals surface area contributed by atoms with Crippen molar-refractivity contribution in [1.29, 1.82) is 0 Å². The lowest BCUT2D eigenvalue weighted by molar-refractivity contribution is 0.414. The van der Waals surface area contributed by atoms with Crippen molar-refractivity contribution in [3.8, 4) is 5.75 Å². The molecule has 0 bridgehead atoms. The minimum atomic E-state index is -1.71. The maximum Gasteiger partial charge on any atom is 0.121 e. The van der Waals surface area contributed by atoms with Gasteiger partial charge in [-0.2, -0.15) is 0 Å². The Balaban J connectivity index is 2.55. The lowest BCUT2D eigenvalue weighted by atomic mass is 10.0. The summed E-state index contributed by atoms with van der Waals surface area (Å²) in [6.45, 7) is 13.9. The van der Waals surface area contributed by atoms with E-state index >= 15 is 0 Å². The lowest BCUT2D eigenvalue weighted by Crippen LogP contribution is -2.45. The number of rotatable bonds is 5. The maximum atomic E-state index is 5.79. The molecule has 120 valence electrons. The summed E-state index contributed by atoms with van der Waals surface area (Å²) in [5, 5.41) is 3.14. The molecule has 1 aromatic carbocycles. The molecule has 0 aliphatic heterocycles. The predicted molar refractivity (Wildman–Crippen MR) is 99.8 cm³/mol. The first-order valence-corrected chi connectivity index (χ1v) is 11.3. The molecular weight excluding hydrogens is 284 g/mol. The molecule has 1 nitrogen and oxygen atoms in total. The topological polar surface area (TPSA) is 9.23 Å². The van der Waals surface area contributed by atoms with Crippen molar-refractivity contribution in [3.63, 3.8) is 0 Å². The first-order valence-electron chi connectivity index (χ1n) is 8.32. The number of benzene rings is 1. The summed E-state index contributed by atoms with van der Waals surface area (Å²) in [4.78, 5) is 0. The fourth-order valence-electron chi connectivity index (χ4n) is 3.69. The molecule has 1 aliphatic rings. The molecule has 0 amide bonds. The Hall–Kier alpha value is -1.28. The normalized spacial score (nSPS) is 15.1. The van der Waals surface area contributed by atoms with Gasteiger partial charge < -0.3 is 4.74 Å². The molecule has 1 aliphatic carbocycles. The number of hydrogen-bond donors (Lipinski definition) is 0. The molecule has 0 fully saturated rings. The van der Waals surface area contributed by atoms with Crippen molar-refractivity contribution < 1.29 is 4.74 Å². The summed E-state index contributed by atoms with van der Waals surface area (Å²) >= 11 is 0. The SMILES string of the molecule is COc1c(C)cc(C)cc1[Si](C)(C)C1=C(CC(C)C)C=CC1. The van der Waals surface area contributed by atoms with E-state index in [4.69, 9.17) is 4.74 Å². The van der Waals surface area contributed by atoms with Crippen LogP contribution < -0.4 is 9.92 Å². The number of ether oxygens (including phenoxy) is 1. The second kappa shape index (κ2) is 6.45. The van der Waals surface area contributed by atoms with Gasteiger partial charge in [-0.05, 0) is 43.4 Å². The molecule has 22 heavy (non-hydrogen) atoms. The third-order valence-corrected chi connectivity index (χ3v) is 8.46. The summed E-state index contributed by atoms with van der Waals surface area (Å²) in [6, 6.07) is 4.58. The summed E-state index contributed by atoms with van der Waals surface area (Å²) in [7, 11) is 0.0950. The number of allylic oxidation sites excluding steroid dienone is 4. The molecular formula is C20H30OSi. The summed E-state index contributed by atoms with van der Waals surface area (Å²) < 4.78 is 5.79. The van der Waals surface area contributed by atoms with Gasteiger partial charge in [0.2, 0.25) is 0 Å². The van der Waals surface area contributed by atoms with Crippen LogP contribution in [0.4, 0.5) is 0 Å². The van der Waals surface area contributed by atoms with Crippen molar-refractivity contribution in [3.05, 3.63) is 46.2 Å². The fourth-order valence-corrected chi connectivity index (χ4v) is 7.09. The van der Waals surface area contributed by atoms with Gasteiger partial charge in [0.25, 0.3) is 0 Å². The molecule has 2 rings (SSSR count). The van der Waals surface area contributed by atoms with Crippen LogP contribution in [0, 0.1) is 19.8 Å². The van der Waals surface area contributed by atoms with Crippen LogP contribution in [0.5, 0.6) is 5.75 Å². The minimum absolute atomic E-state index is 0.707. The van der Waals surface area contributed by atoms with Crippen LogP contribution in [0.25, 0.3) is 0 Å². The van der Waals surface area contributed by atoms with Crippen LogP contribution in [0.1, 0.15) is 37.8 Å². The first-order chi connectivity index (χ1) is 10.3. The quantitative estimate of drug-likeness (QED) is 0.690. The van der Waals surface area contributed by atoms with Crippen LogP contribution in [-0.4, -0.2) is 15.2 Å². The minimum Gasteiger partial charge on any atom is -0.497 e. The highest BCUT2D eigenvalue weighted by molar-refractivity contribution is 6.96. The van der Waals surface area contributed by atoms with E-state index in [0.29, 0.717) is 5.92 Å². The van der Waals surface area contributed by atoms with Gasteiger partial charge in [-0.1, -0.05) is 67.6 Å². The Morgan fingerprint density at radius 2 is 1.86 bits per heavy atom. The number of hydrogen-bond acceptors (Lipinski definition) is 1. The third kappa shape index (κ3) is 3.22. The van der Waals surface area contributed by atoms with E-state index in [2.05, 4.69) is 65.1 Å². The van der Waals surface area contributed by atoms with Crippen molar-refractivity contribution in [2.45, 2.75) is 53.6 Å². The molecule has 0 atom stereocenters. The Kier molecular flexibility index (Phi) is 5.01. The third-order valence-electron chi connectivity index (χ3n) is 4.71. The van der Waals surface area contributed by atoms with E-state index in [1.54, 1.807) is 10.8 Å². The van der Waals surface area contributed by atoms with Crippen LogP contribution in [0.15, 0.2) is 35.1 Å². The maximum absolute atomic E-state index is 5.79. The summed E-state index contributed by atoms with van der Waals surface area (Å²) in [6.07, 6.45) is 7.02. The van der Waals surface area contributed by atoms with Crippen LogP contribution in [0.3, 0.4) is 0 Å². The van der Waals surface area contributed by atoms with Crippen molar-refractivity contribution in [1.82, 2.24) is 0 Å². The highest BCUT2D eigenvalue weighted by Gasteiger charge is 2.34.